The van der Waals surface area contributed by atoms with E-state index in [9.17, 15) is 0 Å². The van der Waals surface area contributed by atoms with Gasteiger partial charge in [-0.3, -0.25) is 4.98 Å². The summed E-state index contributed by atoms with van der Waals surface area (Å²) in [5, 5.41) is 6.89. The van der Waals surface area contributed by atoms with Crippen molar-refractivity contribution in [3.05, 3.63) is 18.5 Å². The molecule has 0 spiro atoms. The van der Waals surface area contributed by atoms with Crippen molar-refractivity contribution in [1.82, 2.24) is 9.88 Å². The van der Waals surface area contributed by atoms with Crippen LogP contribution in [0.5, 0.6) is 0 Å². The van der Waals surface area contributed by atoms with Crippen molar-refractivity contribution in [2.45, 2.75) is 38.8 Å². The van der Waals surface area contributed by atoms with E-state index in [1.54, 1.807) is 0 Å². The van der Waals surface area contributed by atoms with Crippen molar-refractivity contribution in [3.8, 4) is 0 Å². The summed E-state index contributed by atoms with van der Waals surface area (Å²) in [6, 6.07) is 3.36. The maximum absolute atomic E-state index is 4.27. The van der Waals surface area contributed by atoms with Crippen LogP contribution < -0.4 is 10.6 Å². The molecule has 0 aliphatic carbocycles. The molecule has 1 aromatic heterocycles. The first-order valence-corrected chi connectivity index (χ1v) is 6.84. The molecular formula is C14H24N4. The Morgan fingerprint density at radius 1 is 1.39 bits per heavy atom. The number of hydrogen-bond donors (Lipinski definition) is 2. The topological polar surface area (TPSA) is 40.2 Å². The number of rotatable bonds is 4. The second kappa shape index (κ2) is 6.05. The number of anilines is 2. The first-order valence-electron chi connectivity index (χ1n) is 6.84. The lowest BCUT2D eigenvalue weighted by Crippen LogP contribution is -2.42. The van der Waals surface area contributed by atoms with E-state index in [1.807, 2.05) is 12.4 Å². The molecule has 2 rings (SSSR count). The molecule has 4 heteroatoms. The third-order valence-corrected chi connectivity index (χ3v) is 3.70. The lowest BCUT2D eigenvalue weighted by atomic mass is 9.99. The van der Waals surface area contributed by atoms with E-state index < -0.39 is 0 Å². The number of aromatic nitrogens is 1. The Balaban J connectivity index is 1.94. The number of piperidine rings is 1. The van der Waals surface area contributed by atoms with Crippen LogP contribution in [0.1, 0.15) is 26.7 Å². The quantitative estimate of drug-likeness (QED) is 0.858. The fourth-order valence-electron chi connectivity index (χ4n) is 2.48. The Kier molecular flexibility index (Phi) is 4.42. The molecule has 0 radical (unpaired) electrons. The zero-order valence-electron chi connectivity index (χ0n) is 11.6. The SMILES string of the molecule is CCNc1cncc(NC2CCN(C)C(C)C2)c1. The minimum Gasteiger partial charge on any atom is -0.384 e. The van der Waals surface area contributed by atoms with E-state index >= 15 is 0 Å². The van der Waals surface area contributed by atoms with Crippen LogP contribution in [-0.2, 0) is 0 Å². The van der Waals surface area contributed by atoms with Crippen LogP contribution in [0, 0.1) is 0 Å². The van der Waals surface area contributed by atoms with Crippen LogP contribution in [0.3, 0.4) is 0 Å². The van der Waals surface area contributed by atoms with Gasteiger partial charge in [-0.05, 0) is 39.8 Å². The number of nitrogens with zero attached hydrogens (tertiary/aromatic N) is 2. The molecule has 2 unspecified atom stereocenters. The Morgan fingerprint density at radius 2 is 2.17 bits per heavy atom. The Labute approximate surface area is 110 Å². The highest BCUT2D eigenvalue weighted by atomic mass is 15.1. The van der Waals surface area contributed by atoms with E-state index in [2.05, 4.69) is 47.5 Å². The molecule has 0 amide bonds. The van der Waals surface area contributed by atoms with Gasteiger partial charge in [-0.1, -0.05) is 0 Å². The van der Waals surface area contributed by atoms with Crippen LogP contribution in [0.25, 0.3) is 0 Å². The summed E-state index contributed by atoms with van der Waals surface area (Å²) in [6.07, 6.45) is 6.17. The summed E-state index contributed by atoms with van der Waals surface area (Å²) in [4.78, 5) is 6.69. The fraction of sp³-hybridized carbons (Fsp3) is 0.643. The van der Waals surface area contributed by atoms with Gasteiger partial charge in [-0.15, -0.1) is 0 Å². The van der Waals surface area contributed by atoms with Crippen LogP contribution in [0.4, 0.5) is 11.4 Å². The van der Waals surface area contributed by atoms with Gasteiger partial charge in [0.05, 0.1) is 23.8 Å². The van der Waals surface area contributed by atoms with Crippen molar-refractivity contribution >= 4 is 11.4 Å². The number of nitrogens with one attached hydrogen (secondary N) is 2. The molecule has 1 fully saturated rings. The minimum absolute atomic E-state index is 0.565. The second-order valence-electron chi connectivity index (χ2n) is 5.19. The molecule has 1 saturated heterocycles. The van der Waals surface area contributed by atoms with Gasteiger partial charge in [-0.2, -0.15) is 0 Å². The van der Waals surface area contributed by atoms with E-state index in [0.29, 0.717) is 12.1 Å². The lowest BCUT2D eigenvalue weighted by molar-refractivity contribution is 0.190. The van der Waals surface area contributed by atoms with Gasteiger partial charge in [0.15, 0.2) is 0 Å². The second-order valence-corrected chi connectivity index (χ2v) is 5.19. The van der Waals surface area contributed by atoms with Gasteiger partial charge < -0.3 is 15.5 Å². The van der Waals surface area contributed by atoms with E-state index in [1.165, 1.54) is 19.4 Å². The van der Waals surface area contributed by atoms with Crippen molar-refractivity contribution in [2.75, 3.05) is 30.8 Å². The monoisotopic (exact) mass is 248 g/mol. The minimum atomic E-state index is 0.565. The van der Waals surface area contributed by atoms with Crippen LogP contribution in [0.15, 0.2) is 18.5 Å². The summed E-state index contributed by atoms with van der Waals surface area (Å²) in [5.41, 5.74) is 2.21. The molecule has 1 aliphatic heterocycles. The largest absolute Gasteiger partial charge is 0.384 e. The summed E-state index contributed by atoms with van der Waals surface area (Å²) in [7, 11) is 2.20. The molecule has 0 bridgehead atoms. The average molecular weight is 248 g/mol. The predicted octanol–water partition coefficient (Wildman–Crippen LogP) is 2.41. The van der Waals surface area contributed by atoms with Crippen molar-refractivity contribution in [3.63, 3.8) is 0 Å². The van der Waals surface area contributed by atoms with Gasteiger partial charge in [0.25, 0.3) is 0 Å². The molecule has 4 nitrogen and oxygen atoms in total. The third-order valence-electron chi connectivity index (χ3n) is 3.70. The fourth-order valence-corrected chi connectivity index (χ4v) is 2.48. The first kappa shape index (κ1) is 13.1. The molecule has 1 aromatic rings. The number of pyridine rings is 1. The molecule has 18 heavy (non-hydrogen) atoms. The van der Waals surface area contributed by atoms with Gasteiger partial charge in [0.1, 0.15) is 0 Å². The van der Waals surface area contributed by atoms with Crippen molar-refractivity contribution < 1.29 is 0 Å². The number of hydrogen-bond acceptors (Lipinski definition) is 4. The molecule has 100 valence electrons. The highest BCUT2D eigenvalue weighted by molar-refractivity contribution is 5.54. The maximum Gasteiger partial charge on any atom is 0.0549 e. The van der Waals surface area contributed by atoms with Crippen molar-refractivity contribution in [2.24, 2.45) is 0 Å². The molecule has 2 N–H and O–H groups in total. The zero-order chi connectivity index (χ0) is 13.0. The normalized spacial score (nSPS) is 24.8. The van der Waals surface area contributed by atoms with Gasteiger partial charge in [0.2, 0.25) is 0 Å². The Bertz CT molecular complexity index is 380. The summed E-state index contributed by atoms with van der Waals surface area (Å²) < 4.78 is 0. The highest BCUT2D eigenvalue weighted by Crippen LogP contribution is 2.21. The maximum atomic E-state index is 4.27. The van der Waals surface area contributed by atoms with Crippen LogP contribution in [-0.4, -0.2) is 42.1 Å². The van der Waals surface area contributed by atoms with E-state index in [4.69, 9.17) is 0 Å². The molecule has 1 aliphatic rings. The predicted molar refractivity (Wildman–Crippen MR) is 77.1 cm³/mol. The number of likely N-dealkylation sites (tertiary alicyclic amines) is 1. The first-order chi connectivity index (χ1) is 8.69. The smallest absolute Gasteiger partial charge is 0.0549 e. The van der Waals surface area contributed by atoms with E-state index in [-0.39, 0.29) is 0 Å². The summed E-state index contributed by atoms with van der Waals surface area (Å²) >= 11 is 0. The molecule has 0 saturated carbocycles. The standard InChI is InChI=1S/C14H24N4/c1-4-16-13-8-14(10-15-9-13)17-12-5-6-18(3)11(2)7-12/h8-12,16-17H,4-7H2,1-3H3. The lowest BCUT2D eigenvalue weighted by Gasteiger charge is -2.35. The molecule has 2 heterocycles. The van der Waals surface area contributed by atoms with Crippen molar-refractivity contribution in [1.29, 1.82) is 0 Å². The summed E-state index contributed by atoms with van der Waals surface area (Å²) in [5.74, 6) is 0. The molecular weight excluding hydrogens is 224 g/mol. The molecule has 2 atom stereocenters. The summed E-state index contributed by atoms with van der Waals surface area (Å²) in [6.45, 7) is 6.48. The van der Waals surface area contributed by atoms with E-state index in [0.717, 1.165) is 17.9 Å². The molecule has 0 aromatic carbocycles. The average Bonchev–Trinajstić information content (AvgIpc) is 2.35. The highest BCUT2D eigenvalue weighted by Gasteiger charge is 2.22. The van der Waals surface area contributed by atoms with Gasteiger partial charge >= 0.3 is 0 Å². The van der Waals surface area contributed by atoms with Gasteiger partial charge in [0, 0.05) is 25.2 Å². The third kappa shape index (κ3) is 3.35. The Hall–Kier alpha value is -1.29. The van der Waals surface area contributed by atoms with Crippen LogP contribution in [0.2, 0.25) is 0 Å². The Morgan fingerprint density at radius 3 is 2.89 bits per heavy atom. The zero-order valence-corrected chi connectivity index (χ0v) is 11.6. The van der Waals surface area contributed by atoms with Crippen LogP contribution >= 0.6 is 0 Å². The van der Waals surface area contributed by atoms with Gasteiger partial charge in [-0.25, -0.2) is 0 Å².